The zero-order valence-electron chi connectivity index (χ0n) is 7.95. The fourth-order valence-electron chi connectivity index (χ4n) is 0.812. The van der Waals surface area contributed by atoms with Gasteiger partial charge < -0.3 is 10.1 Å². The molecule has 1 aromatic heterocycles. The molecule has 0 spiro atoms. The number of nitrogens with one attached hydrogen (secondary N) is 1. The lowest BCUT2D eigenvalue weighted by molar-refractivity contribution is 0.0532. The molecule has 4 nitrogen and oxygen atoms in total. The van der Waals surface area contributed by atoms with Crippen LogP contribution in [0.2, 0.25) is 0 Å². The van der Waals surface area contributed by atoms with E-state index >= 15 is 0 Å². The van der Waals surface area contributed by atoms with Gasteiger partial charge in [-0.3, -0.25) is 0 Å². The second kappa shape index (κ2) is 5.39. The van der Waals surface area contributed by atoms with E-state index in [0.717, 1.165) is 0 Å². The SMILES string of the molecule is C=CCNc1ncc(C(=O)OCC)s1. The minimum absolute atomic E-state index is 0.323. The van der Waals surface area contributed by atoms with Gasteiger partial charge in [-0.2, -0.15) is 0 Å². The van der Waals surface area contributed by atoms with Crippen molar-refractivity contribution in [1.29, 1.82) is 0 Å². The number of hydrogen-bond donors (Lipinski definition) is 1. The maximum atomic E-state index is 11.2. The van der Waals surface area contributed by atoms with Crippen LogP contribution in [0.25, 0.3) is 0 Å². The molecular weight excluding hydrogens is 200 g/mol. The van der Waals surface area contributed by atoms with E-state index in [0.29, 0.717) is 23.2 Å². The van der Waals surface area contributed by atoms with Crippen molar-refractivity contribution < 1.29 is 9.53 Å². The van der Waals surface area contributed by atoms with Gasteiger partial charge in [0, 0.05) is 6.54 Å². The minimum Gasteiger partial charge on any atom is -0.462 e. The van der Waals surface area contributed by atoms with Crippen LogP contribution < -0.4 is 5.32 Å². The van der Waals surface area contributed by atoms with Crippen LogP contribution in [0.5, 0.6) is 0 Å². The molecule has 0 aliphatic carbocycles. The Balaban J connectivity index is 2.58. The van der Waals surface area contributed by atoms with E-state index in [1.165, 1.54) is 17.5 Å². The largest absolute Gasteiger partial charge is 0.462 e. The molecular formula is C9H12N2O2S. The standard InChI is InChI=1S/C9H12N2O2S/c1-3-5-10-9-11-6-7(14-9)8(12)13-4-2/h3,6H,1,4-5H2,2H3,(H,10,11). The molecule has 0 amide bonds. The van der Waals surface area contributed by atoms with Gasteiger partial charge in [0.1, 0.15) is 4.88 Å². The summed E-state index contributed by atoms with van der Waals surface area (Å²) in [6, 6.07) is 0. The molecule has 76 valence electrons. The van der Waals surface area contributed by atoms with Crippen molar-refractivity contribution in [3.8, 4) is 0 Å². The van der Waals surface area contributed by atoms with Crippen LogP contribution in [-0.2, 0) is 4.74 Å². The molecule has 0 aliphatic rings. The van der Waals surface area contributed by atoms with Gasteiger partial charge in [0.2, 0.25) is 0 Å². The number of aromatic nitrogens is 1. The first kappa shape index (κ1) is 10.7. The van der Waals surface area contributed by atoms with Crippen molar-refractivity contribution in [3.63, 3.8) is 0 Å². The van der Waals surface area contributed by atoms with Crippen LogP contribution in [0.4, 0.5) is 5.13 Å². The first-order valence-electron chi connectivity index (χ1n) is 4.25. The van der Waals surface area contributed by atoms with E-state index < -0.39 is 0 Å². The van der Waals surface area contributed by atoms with E-state index in [1.807, 2.05) is 0 Å². The Kier molecular flexibility index (Phi) is 4.12. The Bertz CT molecular complexity index is 322. The Morgan fingerprint density at radius 1 is 1.86 bits per heavy atom. The average molecular weight is 212 g/mol. The van der Waals surface area contributed by atoms with Crippen molar-refractivity contribution in [2.24, 2.45) is 0 Å². The maximum absolute atomic E-state index is 11.2. The van der Waals surface area contributed by atoms with Gasteiger partial charge in [-0.1, -0.05) is 17.4 Å². The summed E-state index contributed by atoms with van der Waals surface area (Å²) < 4.78 is 4.83. The Hall–Kier alpha value is -1.36. The number of rotatable bonds is 5. The maximum Gasteiger partial charge on any atom is 0.350 e. The number of carbonyl (C=O) groups is 1. The van der Waals surface area contributed by atoms with E-state index in [4.69, 9.17) is 4.74 Å². The summed E-state index contributed by atoms with van der Waals surface area (Å²) >= 11 is 1.28. The van der Waals surface area contributed by atoms with Gasteiger partial charge >= 0.3 is 5.97 Å². The molecule has 1 heterocycles. The highest BCUT2D eigenvalue weighted by Crippen LogP contribution is 2.18. The van der Waals surface area contributed by atoms with Gasteiger partial charge in [-0.25, -0.2) is 9.78 Å². The highest BCUT2D eigenvalue weighted by molar-refractivity contribution is 7.17. The summed E-state index contributed by atoms with van der Waals surface area (Å²) in [7, 11) is 0. The van der Waals surface area contributed by atoms with Gasteiger partial charge in [0.15, 0.2) is 5.13 Å². The van der Waals surface area contributed by atoms with Crippen LogP contribution in [0, 0.1) is 0 Å². The molecule has 0 aliphatic heterocycles. The third kappa shape index (κ3) is 2.85. The molecule has 0 aromatic carbocycles. The highest BCUT2D eigenvalue weighted by atomic mass is 32.1. The zero-order chi connectivity index (χ0) is 10.4. The second-order valence-electron chi connectivity index (χ2n) is 2.42. The quantitative estimate of drug-likeness (QED) is 0.598. The van der Waals surface area contributed by atoms with Gasteiger partial charge in [-0.05, 0) is 6.92 Å². The topological polar surface area (TPSA) is 51.2 Å². The zero-order valence-corrected chi connectivity index (χ0v) is 8.76. The first-order valence-corrected chi connectivity index (χ1v) is 5.07. The number of carbonyl (C=O) groups excluding carboxylic acids is 1. The van der Waals surface area contributed by atoms with E-state index in [1.54, 1.807) is 13.0 Å². The van der Waals surface area contributed by atoms with Crippen LogP contribution >= 0.6 is 11.3 Å². The molecule has 5 heteroatoms. The minimum atomic E-state index is -0.323. The average Bonchev–Trinajstić information content (AvgIpc) is 2.63. The number of ether oxygens (including phenoxy) is 1. The number of hydrogen-bond acceptors (Lipinski definition) is 5. The van der Waals surface area contributed by atoms with Crippen molar-refractivity contribution in [2.75, 3.05) is 18.5 Å². The molecule has 1 N–H and O–H groups in total. The third-order valence-corrected chi connectivity index (χ3v) is 2.32. The molecule has 0 bridgehead atoms. The number of esters is 1. The van der Waals surface area contributed by atoms with Crippen molar-refractivity contribution in [2.45, 2.75) is 6.92 Å². The molecule has 0 saturated carbocycles. The van der Waals surface area contributed by atoms with Crippen molar-refractivity contribution in [1.82, 2.24) is 4.98 Å². The monoisotopic (exact) mass is 212 g/mol. The predicted octanol–water partition coefficient (Wildman–Crippen LogP) is 1.92. The Labute approximate surface area is 86.6 Å². The fraction of sp³-hybridized carbons (Fsp3) is 0.333. The van der Waals surface area contributed by atoms with Gasteiger partial charge in [0.05, 0.1) is 12.8 Å². The summed E-state index contributed by atoms with van der Waals surface area (Å²) in [4.78, 5) is 15.8. The van der Waals surface area contributed by atoms with Crippen LogP contribution in [-0.4, -0.2) is 24.1 Å². The molecule has 1 rings (SSSR count). The second-order valence-corrected chi connectivity index (χ2v) is 3.45. The first-order chi connectivity index (χ1) is 6.77. The summed E-state index contributed by atoms with van der Waals surface area (Å²) in [5.74, 6) is -0.323. The molecule has 0 unspecified atom stereocenters. The summed E-state index contributed by atoms with van der Waals surface area (Å²) in [5.41, 5.74) is 0. The van der Waals surface area contributed by atoms with Crippen LogP contribution in [0.3, 0.4) is 0 Å². The third-order valence-electron chi connectivity index (χ3n) is 1.38. The molecule has 1 aromatic rings. The molecule has 0 atom stereocenters. The Morgan fingerprint density at radius 3 is 3.29 bits per heavy atom. The molecule has 0 fully saturated rings. The number of thiazole rings is 1. The lowest BCUT2D eigenvalue weighted by atomic mass is 10.6. The van der Waals surface area contributed by atoms with Crippen LogP contribution in [0.1, 0.15) is 16.6 Å². The summed E-state index contributed by atoms with van der Waals surface area (Å²) in [6.45, 7) is 6.36. The van der Waals surface area contributed by atoms with E-state index in [9.17, 15) is 4.79 Å². The molecule has 0 saturated heterocycles. The van der Waals surface area contributed by atoms with Crippen LogP contribution in [0.15, 0.2) is 18.9 Å². The normalized spacial score (nSPS) is 9.50. The number of anilines is 1. The fourth-order valence-corrected chi connectivity index (χ4v) is 1.53. The summed E-state index contributed by atoms with van der Waals surface area (Å²) in [5, 5.41) is 3.70. The smallest absolute Gasteiger partial charge is 0.350 e. The Morgan fingerprint density at radius 2 is 2.64 bits per heavy atom. The number of nitrogens with zero attached hydrogens (tertiary/aromatic N) is 1. The van der Waals surface area contributed by atoms with Gasteiger partial charge in [-0.15, -0.1) is 6.58 Å². The van der Waals surface area contributed by atoms with Crippen molar-refractivity contribution >= 4 is 22.4 Å². The van der Waals surface area contributed by atoms with Crippen molar-refractivity contribution in [3.05, 3.63) is 23.7 Å². The molecule has 0 radical (unpaired) electrons. The van der Waals surface area contributed by atoms with E-state index in [-0.39, 0.29) is 5.97 Å². The lowest BCUT2D eigenvalue weighted by Gasteiger charge is -1.96. The lowest BCUT2D eigenvalue weighted by Crippen LogP contribution is -2.01. The highest BCUT2D eigenvalue weighted by Gasteiger charge is 2.10. The molecule has 14 heavy (non-hydrogen) atoms. The van der Waals surface area contributed by atoms with Gasteiger partial charge in [0.25, 0.3) is 0 Å². The predicted molar refractivity (Wildman–Crippen MR) is 56.8 cm³/mol. The summed E-state index contributed by atoms with van der Waals surface area (Å²) in [6.07, 6.45) is 3.24. The van der Waals surface area contributed by atoms with E-state index in [2.05, 4.69) is 16.9 Å².